The predicted octanol–water partition coefficient (Wildman–Crippen LogP) is 0.339. The molecule has 0 bridgehead atoms. The maximum Gasteiger partial charge on any atom is 0.253 e. The van der Waals surface area contributed by atoms with Gasteiger partial charge in [-0.05, 0) is 19.1 Å². The number of pyridine rings is 1. The zero-order valence-electron chi connectivity index (χ0n) is 8.79. The molecule has 2 heterocycles. The van der Waals surface area contributed by atoms with Crippen molar-refractivity contribution in [3.63, 3.8) is 0 Å². The number of nitrogens with one attached hydrogen (secondary N) is 2. The molecular formula is C11H15N3O. The van der Waals surface area contributed by atoms with Crippen LogP contribution in [0.2, 0.25) is 0 Å². The summed E-state index contributed by atoms with van der Waals surface area (Å²) in [4.78, 5) is 15.8. The van der Waals surface area contributed by atoms with Gasteiger partial charge in [-0.15, -0.1) is 0 Å². The molecular weight excluding hydrogens is 190 g/mol. The van der Waals surface area contributed by atoms with E-state index in [0.29, 0.717) is 11.5 Å². The first-order chi connectivity index (χ1) is 7.27. The Morgan fingerprint density at radius 3 is 3.07 bits per heavy atom. The first-order valence-electron chi connectivity index (χ1n) is 5.18. The summed E-state index contributed by atoms with van der Waals surface area (Å²) in [6.07, 6.45) is 1.70. The van der Waals surface area contributed by atoms with Gasteiger partial charge in [0.25, 0.3) is 5.91 Å². The van der Waals surface area contributed by atoms with Gasteiger partial charge in [0.05, 0.1) is 5.56 Å². The predicted molar refractivity (Wildman–Crippen MR) is 57.7 cm³/mol. The van der Waals surface area contributed by atoms with Gasteiger partial charge in [0.2, 0.25) is 0 Å². The molecule has 2 N–H and O–H groups in total. The molecule has 1 aromatic heterocycles. The Balaban J connectivity index is 1.92. The van der Waals surface area contributed by atoms with E-state index < -0.39 is 0 Å². The second-order valence-electron chi connectivity index (χ2n) is 3.87. The third-order valence-corrected chi connectivity index (χ3v) is 2.67. The molecule has 4 heteroatoms. The Bertz CT molecular complexity index is 361. The molecule has 0 unspecified atom stereocenters. The average molecular weight is 205 g/mol. The van der Waals surface area contributed by atoms with Gasteiger partial charge < -0.3 is 10.6 Å². The van der Waals surface area contributed by atoms with Gasteiger partial charge in [-0.25, -0.2) is 0 Å². The van der Waals surface area contributed by atoms with Crippen molar-refractivity contribution < 1.29 is 4.79 Å². The van der Waals surface area contributed by atoms with Gasteiger partial charge in [0.1, 0.15) is 0 Å². The molecule has 2 rings (SSSR count). The van der Waals surface area contributed by atoms with Gasteiger partial charge in [-0.3, -0.25) is 9.78 Å². The Kier molecular flexibility index (Phi) is 2.97. The maximum atomic E-state index is 11.7. The highest BCUT2D eigenvalue weighted by atomic mass is 16.1. The highest BCUT2D eigenvalue weighted by Gasteiger charge is 2.18. The van der Waals surface area contributed by atoms with Crippen LogP contribution in [-0.4, -0.2) is 30.5 Å². The van der Waals surface area contributed by atoms with Crippen LogP contribution in [0.15, 0.2) is 18.3 Å². The lowest BCUT2D eigenvalue weighted by Crippen LogP contribution is -2.48. The molecule has 0 spiro atoms. The molecule has 1 aliphatic heterocycles. The largest absolute Gasteiger partial charge is 0.352 e. The van der Waals surface area contributed by atoms with E-state index in [0.717, 1.165) is 25.3 Å². The summed E-state index contributed by atoms with van der Waals surface area (Å²) in [6.45, 7) is 4.61. The van der Waals surface area contributed by atoms with Crippen molar-refractivity contribution in [2.45, 2.75) is 6.92 Å². The number of nitrogens with zero attached hydrogens (tertiary/aromatic N) is 1. The first-order valence-corrected chi connectivity index (χ1v) is 5.18. The number of aryl methyl sites for hydroxylation is 1. The Morgan fingerprint density at radius 1 is 1.67 bits per heavy atom. The molecule has 1 aromatic rings. The average Bonchev–Trinajstić information content (AvgIpc) is 2.16. The van der Waals surface area contributed by atoms with Gasteiger partial charge in [-0.2, -0.15) is 0 Å². The van der Waals surface area contributed by atoms with E-state index in [1.807, 2.05) is 6.92 Å². The maximum absolute atomic E-state index is 11.7. The molecule has 1 saturated heterocycles. The van der Waals surface area contributed by atoms with Crippen LogP contribution in [0.1, 0.15) is 16.1 Å². The third-order valence-electron chi connectivity index (χ3n) is 2.67. The van der Waals surface area contributed by atoms with E-state index in [4.69, 9.17) is 0 Å². The number of hydrogen-bond acceptors (Lipinski definition) is 3. The van der Waals surface area contributed by atoms with E-state index in [1.165, 1.54) is 0 Å². The smallest absolute Gasteiger partial charge is 0.253 e. The fraction of sp³-hybridized carbons (Fsp3) is 0.455. The highest BCUT2D eigenvalue weighted by Crippen LogP contribution is 2.05. The van der Waals surface area contributed by atoms with Crippen LogP contribution in [0.25, 0.3) is 0 Å². The lowest BCUT2D eigenvalue weighted by molar-refractivity contribution is 0.0941. The molecule has 0 atom stereocenters. The van der Waals surface area contributed by atoms with Crippen molar-refractivity contribution >= 4 is 5.91 Å². The van der Waals surface area contributed by atoms with Crippen LogP contribution < -0.4 is 10.6 Å². The number of hydrogen-bond donors (Lipinski definition) is 2. The van der Waals surface area contributed by atoms with Crippen LogP contribution in [-0.2, 0) is 0 Å². The fourth-order valence-corrected chi connectivity index (χ4v) is 1.55. The summed E-state index contributed by atoms with van der Waals surface area (Å²) in [6, 6.07) is 3.59. The van der Waals surface area contributed by atoms with Crippen LogP contribution in [0.5, 0.6) is 0 Å². The number of rotatable bonds is 3. The minimum atomic E-state index is -0.0208. The van der Waals surface area contributed by atoms with Crippen molar-refractivity contribution in [2.75, 3.05) is 19.6 Å². The monoisotopic (exact) mass is 205 g/mol. The molecule has 1 amide bonds. The second kappa shape index (κ2) is 4.40. The highest BCUT2D eigenvalue weighted by molar-refractivity contribution is 5.95. The van der Waals surface area contributed by atoms with Crippen molar-refractivity contribution in [1.29, 1.82) is 0 Å². The van der Waals surface area contributed by atoms with Crippen LogP contribution in [0, 0.1) is 12.8 Å². The lowest BCUT2D eigenvalue weighted by Gasteiger charge is -2.27. The lowest BCUT2D eigenvalue weighted by atomic mass is 10.0. The number of carbonyl (C=O) groups excluding carboxylic acids is 1. The molecule has 0 aliphatic carbocycles. The molecule has 0 saturated carbocycles. The summed E-state index contributed by atoms with van der Waals surface area (Å²) in [5.74, 6) is 0.568. The van der Waals surface area contributed by atoms with Crippen molar-refractivity contribution in [3.05, 3.63) is 29.6 Å². The van der Waals surface area contributed by atoms with Gasteiger partial charge in [0, 0.05) is 37.4 Å². The minimum absolute atomic E-state index is 0.0208. The van der Waals surface area contributed by atoms with Crippen molar-refractivity contribution in [2.24, 2.45) is 5.92 Å². The zero-order valence-corrected chi connectivity index (χ0v) is 8.79. The number of amides is 1. The standard InChI is InChI=1S/C11H15N3O/c1-8-10(3-2-4-13-8)11(15)14-7-9-5-12-6-9/h2-4,9,12H,5-7H2,1H3,(H,14,15). The molecule has 15 heavy (non-hydrogen) atoms. The van der Waals surface area contributed by atoms with Crippen molar-refractivity contribution in [1.82, 2.24) is 15.6 Å². The Hall–Kier alpha value is -1.42. The third kappa shape index (κ3) is 2.33. The summed E-state index contributed by atoms with van der Waals surface area (Å²) in [7, 11) is 0. The van der Waals surface area contributed by atoms with E-state index in [2.05, 4.69) is 15.6 Å². The first kappa shape index (κ1) is 10.1. The van der Waals surface area contributed by atoms with Crippen LogP contribution in [0.3, 0.4) is 0 Å². The van der Waals surface area contributed by atoms with Crippen molar-refractivity contribution in [3.8, 4) is 0 Å². The second-order valence-corrected chi connectivity index (χ2v) is 3.87. The quantitative estimate of drug-likeness (QED) is 0.748. The zero-order chi connectivity index (χ0) is 10.7. The number of aromatic nitrogens is 1. The SMILES string of the molecule is Cc1ncccc1C(=O)NCC1CNC1. The van der Waals surface area contributed by atoms with Gasteiger partial charge in [0.15, 0.2) is 0 Å². The Labute approximate surface area is 89.1 Å². The summed E-state index contributed by atoms with van der Waals surface area (Å²) in [5.41, 5.74) is 1.45. The van der Waals surface area contributed by atoms with E-state index in [1.54, 1.807) is 18.3 Å². The normalized spacial score (nSPS) is 15.8. The molecule has 1 aliphatic rings. The van der Waals surface area contributed by atoms with Crippen LogP contribution in [0.4, 0.5) is 0 Å². The van der Waals surface area contributed by atoms with Gasteiger partial charge >= 0.3 is 0 Å². The molecule has 0 radical (unpaired) electrons. The molecule has 0 aromatic carbocycles. The van der Waals surface area contributed by atoms with E-state index >= 15 is 0 Å². The molecule has 1 fully saturated rings. The minimum Gasteiger partial charge on any atom is -0.352 e. The molecule has 80 valence electrons. The fourth-order valence-electron chi connectivity index (χ4n) is 1.55. The summed E-state index contributed by atoms with van der Waals surface area (Å²) < 4.78 is 0. The summed E-state index contributed by atoms with van der Waals surface area (Å²) in [5, 5.41) is 6.10. The van der Waals surface area contributed by atoms with E-state index in [-0.39, 0.29) is 5.91 Å². The van der Waals surface area contributed by atoms with Crippen LogP contribution >= 0.6 is 0 Å². The Morgan fingerprint density at radius 2 is 2.47 bits per heavy atom. The van der Waals surface area contributed by atoms with E-state index in [9.17, 15) is 4.79 Å². The topological polar surface area (TPSA) is 54.0 Å². The van der Waals surface area contributed by atoms with Gasteiger partial charge in [-0.1, -0.05) is 0 Å². The number of carbonyl (C=O) groups is 1. The molecule has 4 nitrogen and oxygen atoms in total. The summed E-state index contributed by atoms with van der Waals surface area (Å²) >= 11 is 0.